The van der Waals surface area contributed by atoms with Crippen LogP contribution in [-0.4, -0.2) is 59.5 Å². The van der Waals surface area contributed by atoms with E-state index < -0.39 is 17.6 Å². The number of amides is 2. The van der Waals surface area contributed by atoms with E-state index >= 15 is 0 Å². The highest BCUT2D eigenvalue weighted by atomic mass is 35.5. The fraction of sp³-hybridized carbons (Fsp3) is 0.269. The Kier molecular flexibility index (Phi) is 6.94. The van der Waals surface area contributed by atoms with Gasteiger partial charge in [0.15, 0.2) is 11.6 Å². The average Bonchev–Trinajstić information content (AvgIpc) is 3.22. The normalized spacial score (nSPS) is 16.3. The van der Waals surface area contributed by atoms with Crippen molar-refractivity contribution in [2.45, 2.75) is 18.9 Å². The van der Waals surface area contributed by atoms with Gasteiger partial charge in [-0.25, -0.2) is 8.78 Å². The monoisotopic (exact) mass is 543 g/mol. The minimum atomic E-state index is -1.02. The number of carbonyl (C=O) groups excluding carboxylic acids is 2. The van der Waals surface area contributed by atoms with Gasteiger partial charge < -0.3 is 30.0 Å². The molecule has 12 heteroatoms. The Labute approximate surface area is 221 Å². The molecule has 2 amide bonds. The van der Waals surface area contributed by atoms with Crippen molar-refractivity contribution >= 4 is 34.8 Å². The molecule has 198 valence electrons. The summed E-state index contributed by atoms with van der Waals surface area (Å²) >= 11 is 6.20. The zero-order valence-electron chi connectivity index (χ0n) is 20.4. The van der Waals surface area contributed by atoms with E-state index in [-0.39, 0.29) is 35.0 Å². The van der Waals surface area contributed by atoms with E-state index in [4.69, 9.17) is 21.1 Å². The Morgan fingerprint density at radius 3 is 2.92 bits per heavy atom. The lowest BCUT2D eigenvalue weighted by molar-refractivity contribution is -0.137. The average molecular weight is 544 g/mol. The van der Waals surface area contributed by atoms with Crippen LogP contribution in [0, 0.1) is 5.82 Å². The molecule has 0 radical (unpaired) electrons. The molecule has 1 atom stereocenters. The van der Waals surface area contributed by atoms with Crippen LogP contribution in [0.15, 0.2) is 43.0 Å². The Hall–Kier alpha value is -4.12. The lowest BCUT2D eigenvalue weighted by Gasteiger charge is -2.40. The van der Waals surface area contributed by atoms with Crippen molar-refractivity contribution in [2.75, 3.05) is 32.1 Å². The van der Waals surface area contributed by atoms with E-state index in [1.54, 1.807) is 12.3 Å². The Balaban J connectivity index is 1.52. The van der Waals surface area contributed by atoms with Crippen LogP contribution in [0.25, 0.3) is 11.3 Å². The van der Waals surface area contributed by atoms with E-state index in [1.165, 1.54) is 24.3 Å². The van der Waals surface area contributed by atoms with Gasteiger partial charge >= 0.3 is 0 Å². The van der Waals surface area contributed by atoms with Crippen molar-refractivity contribution in [3.8, 4) is 22.8 Å². The highest BCUT2D eigenvalue weighted by Gasteiger charge is 2.34. The van der Waals surface area contributed by atoms with Gasteiger partial charge in [-0.05, 0) is 18.6 Å². The summed E-state index contributed by atoms with van der Waals surface area (Å²) in [6.45, 7) is 4.05. The number of carbonyl (C=O) groups is 2. The summed E-state index contributed by atoms with van der Waals surface area (Å²) in [5.41, 5.74) is 2.73. The molecule has 3 N–H and O–H groups in total. The molecule has 2 aliphatic rings. The number of hydrogen-bond donors (Lipinski definition) is 3. The van der Waals surface area contributed by atoms with E-state index in [0.717, 1.165) is 6.07 Å². The first-order chi connectivity index (χ1) is 18.3. The number of benzene rings is 1. The van der Waals surface area contributed by atoms with Gasteiger partial charge in [-0.3, -0.25) is 14.6 Å². The predicted molar refractivity (Wildman–Crippen MR) is 137 cm³/mol. The highest BCUT2D eigenvalue weighted by Crippen LogP contribution is 2.43. The van der Waals surface area contributed by atoms with Gasteiger partial charge in [-0.2, -0.15) is 0 Å². The molecule has 2 aromatic heterocycles. The molecule has 1 saturated heterocycles. The van der Waals surface area contributed by atoms with Gasteiger partial charge in [0.2, 0.25) is 0 Å². The van der Waals surface area contributed by atoms with Gasteiger partial charge in [-0.1, -0.05) is 18.2 Å². The van der Waals surface area contributed by atoms with Crippen LogP contribution in [0.5, 0.6) is 11.5 Å². The maximum absolute atomic E-state index is 14.3. The first-order valence-electron chi connectivity index (χ1n) is 11.8. The largest absolute Gasteiger partial charge is 0.493 e. The van der Waals surface area contributed by atoms with E-state index in [0.29, 0.717) is 59.9 Å². The third-order valence-electron chi connectivity index (χ3n) is 6.56. The summed E-state index contributed by atoms with van der Waals surface area (Å²) in [6, 6.07) is 3.74. The van der Waals surface area contributed by atoms with E-state index in [2.05, 4.69) is 27.2 Å². The van der Waals surface area contributed by atoms with Crippen molar-refractivity contribution in [1.29, 1.82) is 0 Å². The minimum absolute atomic E-state index is 0.0638. The number of H-pyrrole nitrogens is 1. The molecule has 0 saturated carbocycles. The quantitative estimate of drug-likeness (QED) is 0.364. The van der Waals surface area contributed by atoms with Gasteiger partial charge in [0.1, 0.15) is 18.2 Å². The number of hydrogen-bond acceptors (Lipinski definition) is 6. The number of halogens is 3. The number of aromatic amines is 1. The first-order valence-corrected chi connectivity index (χ1v) is 12.2. The third-order valence-corrected chi connectivity index (χ3v) is 6.84. The second kappa shape index (κ2) is 10.3. The van der Waals surface area contributed by atoms with Crippen LogP contribution in [0.2, 0.25) is 5.02 Å². The summed E-state index contributed by atoms with van der Waals surface area (Å²) in [4.78, 5) is 33.7. The molecule has 0 bridgehead atoms. The first kappa shape index (κ1) is 25.5. The summed E-state index contributed by atoms with van der Waals surface area (Å²) in [7, 11) is 1.41. The predicted octanol–water partition coefficient (Wildman–Crippen LogP) is 4.37. The van der Waals surface area contributed by atoms with Gasteiger partial charge in [0.05, 0.1) is 47.0 Å². The highest BCUT2D eigenvalue weighted by molar-refractivity contribution is 6.32. The van der Waals surface area contributed by atoms with Crippen molar-refractivity contribution in [3.05, 3.63) is 65.1 Å². The molecule has 3 aromatic rings. The molecule has 1 aromatic carbocycles. The van der Waals surface area contributed by atoms with Crippen LogP contribution in [0.4, 0.5) is 20.2 Å². The molecule has 4 heterocycles. The van der Waals surface area contributed by atoms with Crippen LogP contribution < -0.4 is 20.1 Å². The van der Waals surface area contributed by atoms with Gasteiger partial charge in [0.25, 0.3) is 11.8 Å². The summed E-state index contributed by atoms with van der Waals surface area (Å²) in [5.74, 6) is -2.08. The molecule has 5 rings (SSSR count). The third kappa shape index (κ3) is 4.65. The fourth-order valence-electron chi connectivity index (χ4n) is 4.63. The maximum Gasteiger partial charge on any atom is 0.282 e. The van der Waals surface area contributed by atoms with Crippen LogP contribution >= 0.6 is 11.6 Å². The van der Waals surface area contributed by atoms with Crippen molar-refractivity contribution in [3.63, 3.8) is 0 Å². The molecule has 1 unspecified atom stereocenters. The van der Waals surface area contributed by atoms with Crippen molar-refractivity contribution < 1.29 is 27.8 Å². The molecule has 1 fully saturated rings. The summed E-state index contributed by atoms with van der Waals surface area (Å²) in [6.07, 6.45) is 4.28. The van der Waals surface area contributed by atoms with E-state index in [9.17, 15) is 18.4 Å². The number of rotatable bonds is 8. The number of pyridine rings is 1. The molecule has 38 heavy (non-hydrogen) atoms. The summed E-state index contributed by atoms with van der Waals surface area (Å²) in [5, 5.41) is 6.03. The smallest absolute Gasteiger partial charge is 0.282 e. The number of nitrogens with zero attached hydrogens (tertiary/aromatic N) is 2. The van der Waals surface area contributed by atoms with Crippen LogP contribution in [-0.2, 0) is 11.2 Å². The topological polar surface area (TPSA) is 109 Å². The van der Waals surface area contributed by atoms with Crippen LogP contribution in [0.1, 0.15) is 22.5 Å². The van der Waals surface area contributed by atoms with Crippen molar-refractivity contribution in [1.82, 2.24) is 20.2 Å². The Bertz CT molecular complexity index is 1440. The number of ether oxygens (including phenoxy) is 2. The standard InChI is InChI=1S/C26H24ClF2N5O4/c1-13(28)26(36)34-8-5-15(34)12-38-20-11-30-6-3-16(20)22-23(21-18(32-22)4-7-31-25(21)35)33-19-10-14(29)9-17(27)24(19)37-2/h3,6,9-11,15,32-33H,1,4-5,7-8,12H2,2H3,(H,31,35). The zero-order chi connectivity index (χ0) is 27.0. The van der Waals surface area contributed by atoms with Crippen molar-refractivity contribution in [2.24, 2.45) is 0 Å². The number of fused-ring (bicyclic) bond motifs is 1. The second-order valence-electron chi connectivity index (χ2n) is 8.86. The fourth-order valence-corrected chi connectivity index (χ4v) is 4.91. The molecule has 9 nitrogen and oxygen atoms in total. The molecule has 0 spiro atoms. The number of aromatic nitrogens is 2. The zero-order valence-corrected chi connectivity index (χ0v) is 21.1. The molecular weight excluding hydrogens is 520 g/mol. The van der Waals surface area contributed by atoms with Gasteiger partial charge in [0, 0.05) is 43.0 Å². The second-order valence-corrected chi connectivity index (χ2v) is 9.26. The van der Waals surface area contributed by atoms with Crippen LogP contribution in [0.3, 0.4) is 0 Å². The number of nitrogens with one attached hydrogen (secondary N) is 3. The molecular formula is C26H24ClF2N5O4. The number of methoxy groups -OCH3 is 1. The number of anilines is 2. The molecule has 2 aliphatic heterocycles. The molecule has 0 aliphatic carbocycles. The Morgan fingerprint density at radius 1 is 1.39 bits per heavy atom. The van der Waals surface area contributed by atoms with E-state index in [1.807, 2.05) is 0 Å². The summed E-state index contributed by atoms with van der Waals surface area (Å²) < 4.78 is 39.0. The van der Waals surface area contributed by atoms with Gasteiger partial charge in [-0.15, -0.1) is 0 Å². The number of likely N-dealkylation sites (tertiary alicyclic amines) is 1. The minimum Gasteiger partial charge on any atom is -0.493 e. The lowest BCUT2D eigenvalue weighted by Crippen LogP contribution is -2.54. The maximum atomic E-state index is 14.3. The SMILES string of the molecule is C=C(F)C(=O)N1CCC1COc1cnccc1-c1[nH]c2c(c1Nc1cc(F)cc(Cl)c1OC)C(=O)NCC2. The Morgan fingerprint density at radius 2 is 2.21 bits per heavy atom. The lowest BCUT2D eigenvalue weighted by atomic mass is 10.0.